The number of sulfonamides is 1. The fraction of sp³-hybridized carbons (Fsp3) is 0.125. The summed E-state index contributed by atoms with van der Waals surface area (Å²) in [6.07, 6.45) is 0.526. The average molecular weight is 344 g/mol. The number of amides is 2. The molecule has 124 valence electrons. The Kier molecular flexibility index (Phi) is 5.52. The van der Waals surface area contributed by atoms with Crippen molar-refractivity contribution in [2.45, 2.75) is 11.3 Å². The Morgan fingerprint density at radius 2 is 1.79 bits per heavy atom. The van der Waals surface area contributed by atoms with Crippen LogP contribution in [0.4, 0.5) is 10.5 Å². The van der Waals surface area contributed by atoms with Crippen LogP contribution >= 0.6 is 0 Å². The number of carbonyl (C=O) groups excluding carboxylic acids is 1. The van der Waals surface area contributed by atoms with E-state index in [1.54, 1.807) is 36.4 Å². The Morgan fingerprint density at radius 1 is 1.12 bits per heavy atom. The molecule has 24 heavy (non-hydrogen) atoms. The van der Waals surface area contributed by atoms with Crippen molar-refractivity contribution >= 4 is 21.7 Å². The minimum Gasteiger partial charge on any atom is -0.338 e. The van der Waals surface area contributed by atoms with Crippen molar-refractivity contribution in [2.24, 2.45) is 5.14 Å². The van der Waals surface area contributed by atoms with E-state index < -0.39 is 16.1 Å². The molecule has 0 spiro atoms. The fourth-order valence-corrected chi connectivity index (χ4v) is 2.54. The topological polar surface area (TPSA) is 125 Å². The quantitative estimate of drug-likeness (QED) is 0.761. The van der Waals surface area contributed by atoms with Gasteiger partial charge in [0.1, 0.15) is 6.07 Å². The Bertz CT molecular complexity index is 871. The monoisotopic (exact) mass is 344 g/mol. The molecule has 8 heteroatoms. The van der Waals surface area contributed by atoms with Crippen LogP contribution in [0, 0.1) is 11.3 Å². The van der Waals surface area contributed by atoms with Crippen molar-refractivity contribution in [1.29, 1.82) is 5.26 Å². The van der Waals surface area contributed by atoms with Gasteiger partial charge in [0.2, 0.25) is 10.0 Å². The van der Waals surface area contributed by atoms with Crippen LogP contribution in [-0.2, 0) is 16.4 Å². The summed E-state index contributed by atoms with van der Waals surface area (Å²) < 4.78 is 22.3. The molecular weight excluding hydrogens is 328 g/mol. The smallest absolute Gasteiger partial charge is 0.319 e. The number of nitrogens with one attached hydrogen (secondary N) is 2. The van der Waals surface area contributed by atoms with Crippen LogP contribution in [0.15, 0.2) is 53.4 Å². The first-order chi connectivity index (χ1) is 11.4. The molecule has 4 N–H and O–H groups in total. The molecule has 0 saturated carbocycles. The van der Waals surface area contributed by atoms with Crippen molar-refractivity contribution in [3.63, 3.8) is 0 Å². The third kappa shape index (κ3) is 4.81. The second kappa shape index (κ2) is 7.59. The molecule has 2 aromatic rings. The number of rotatable bonds is 5. The number of benzene rings is 2. The first-order valence-electron chi connectivity index (χ1n) is 7.06. The van der Waals surface area contributed by atoms with Crippen molar-refractivity contribution < 1.29 is 13.2 Å². The Balaban J connectivity index is 1.86. The summed E-state index contributed by atoms with van der Waals surface area (Å²) in [5.41, 5.74) is 1.68. The molecule has 2 rings (SSSR count). The minimum atomic E-state index is -3.70. The van der Waals surface area contributed by atoms with Gasteiger partial charge in [0, 0.05) is 6.54 Å². The van der Waals surface area contributed by atoms with Gasteiger partial charge in [-0.2, -0.15) is 5.26 Å². The van der Waals surface area contributed by atoms with Crippen LogP contribution < -0.4 is 15.8 Å². The summed E-state index contributed by atoms with van der Waals surface area (Å²) in [5, 5.41) is 19.3. The molecule has 7 nitrogen and oxygen atoms in total. The van der Waals surface area contributed by atoms with Crippen molar-refractivity contribution in [3.05, 3.63) is 59.7 Å². The summed E-state index contributed by atoms with van der Waals surface area (Å²) >= 11 is 0. The van der Waals surface area contributed by atoms with Gasteiger partial charge in [-0.1, -0.05) is 24.3 Å². The fourth-order valence-electron chi connectivity index (χ4n) is 2.02. The lowest BCUT2D eigenvalue weighted by Crippen LogP contribution is -2.30. The maximum absolute atomic E-state index is 11.8. The van der Waals surface area contributed by atoms with Gasteiger partial charge in [0.25, 0.3) is 0 Å². The lowest BCUT2D eigenvalue weighted by atomic mass is 10.1. The molecule has 0 fully saturated rings. The number of hydrogen-bond acceptors (Lipinski definition) is 4. The highest BCUT2D eigenvalue weighted by molar-refractivity contribution is 7.89. The average Bonchev–Trinajstić information content (AvgIpc) is 2.55. The Morgan fingerprint density at radius 3 is 2.42 bits per heavy atom. The highest BCUT2D eigenvalue weighted by Crippen LogP contribution is 2.13. The molecule has 0 radical (unpaired) electrons. The summed E-state index contributed by atoms with van der Waals surface area (Å²) in [6.45, 7) is 0.356. The maximum atomic E-state index is 11.8. The molecule has 0 unspecified atom stereocenters. The van der Waals surface area contributed by atoms with Gasteiger partial charge in [0.15, 0.2) is 0 Å². The van der Waals surface area contributed by atoms with Crippen LogP contribution in [0.2, 0.25) is 0 Å². The van der Waals surface area contributed by atoms with Crippen LogP contribution in [0.25, 0.3) is 0 Å². The first-order valence-corrected chi connectivity index (χ1v) is 8.60. The summed E-state index contributed by atoms with van der Waals surface area (Å²) in [6, 6.07) is 14.4. The zero-order chi connectivity index (χ0) is 17.6. The lowest BCUT2D eigenvalue weighted by Gasteiger charge is -2.09. The van der Waals surface area contributed by atoms with Crippen molar-refractivity contribution in [1.82, 2.24) is 5.32 Å². The van der Waals surface area contributed by atoms with E-state index in [0.717, 1.165) is 5.56 Å². The summed E-state index contributed by atoms with van der Waals surface area (Å²) in [4.78, 5) is 11.9. The molecular formula is C16H16N4O3S. The van der Waals surface area contributed by atoms with Gasteiger partial charge < -0.3 is 10.6 Å². The summed E-state index contributed by atoms with van der Waals surface area (Å²) in [5.74, 6) is 0. The van der Waals surface area contributed by atoms with E-state index in [1.165, 1.54) is 12.1 Å². The van der Waals surface area contributed by atoms with Gasteiger partial charge in [-0.05, 0) is 36.2 Å². The second-order valence-electron chi connectivity index (χ2n) is 4.98. The Labute approximate surface area is 140 Å². The van der Waals surface area contributed by atoms with Gasteiger partial charge in [-0.3, -0.25) is 0 Å². The second-order valence-corrected chi connectivity index (χ2v) is 6.54. The van der Waals surface area contributed by atoms with Crippen molar-refractivity contribution in [2.75, 3.05) is 11.9 Å². The molecule has 2 amide bonds. The normalized spacial score (nSPS) is 10.7. The van der Waals surface area contributed by atoms with Gasteiger partial charge in [-0.25, -0.2) is 18.4 Å². The van der Waals surface area contributed by atoms with E-state index >= 15 is 0 Å². The summed E-state index contributed by atoms with van der Waals surface area (Å²) in [7, 11) is -3.70. The molecule has 0 aliphatic rings. The Hall–Kier alpha value is -2.89. The van der Waals surface area contributed by atoms with Gasteiger partial charge in [-0.15, -0.1) is 0 Å². The van der Waals surface area contributed by atoms with E-state index in [-0.39, 0.29) is 4.90 Å². The number of anilines is 1. The number of para-hydroxylation sites is 1. The highest BCUT2D eigenvalue weighted by atomic mass is 32.2. The molecule has 0 aliphatic heterocycles. The number of nitrogens with two attached hydrogens (primary N) is 1. The van der Waals surface area contributed by atoms with Gasteiger partial charge >= 0.3 is 6.03 Å². The lowest BCUT2D eigenvalue weighted by molar-refractivity contribution is 0.252. The first kappa shape index (κ1) is 17.5. The zero-order valence-corrected chi connectivity index (χ0v) is 13.5. The standard InChI is InChI=1S/C16H16N4O3S/c17-11-13-3-1-2-4-15(13)20-16(21)19-10-9-12-5-7-14(8-6-12)24(18,22)23/h1-8H,9-10H2,(H2,18,22,23)(H2,19,20,21). The molecule has 0 saturated heterocycles. The van der Waals surface area contributed by atoms with E-state index in [9.17, 15) is 13.2 Å². The molecule has 0 bridgehead atoms. The number of primary sulfonamides is 1. The largest absolute Gasteiger partial charge is 0.338 e. The zero-order valence-electron chi connectivity index (χ0n) is 12.7. The minimum absolute atomic E-state index is 0.0464. The number of urea groups is 1. The maximum Gasteiger partial charge on any atom is 0.319 e. The number of carbonyl (C=O) groups is 1. The van der Waals surface area contributed by atoms with Crippen LogP contribution in [0.5, 0.6) is 0 Å². The van der Waals surface area contributed by atoms with Gasteiger partial charge in [0.05, 0.1) is 16.1 Å². The third-order valence-corrected chi connectivity index (χ3v) is 4.18. The van der Waals surface area contributed by atoms with Crippen molar-refractivity contribution in [3.8, 4) is 6.07 Å². The predicted octanol–water partition coefficient (Wildman–Crippen LogP) is 1.57. The SMILES string of the molecule is N#Cc1ccccc1NC(=O)NCCc1ccc(S(N)(=O)=O)cc1. The molecule has 0 atom stereocenters. The number of hydrogen-bond donors (Lipinski definition) is 3. The van der Waals surface area contributed by atoms with Crippen LogP contribution in [0.1, 0.15) is 11.1 Å². The number of nitriles is 1. The molecule has 0 aromatic heterocycles. The predicted molar refractivity (Wildman–Crippen MR) is 89.7 cm³/mol. The van der Waals surface area contributed by atoms with Crippen LogP contribution in [0.3, 0.4) is 0 Å². The highest BCUT2D eigenvalue weighted by Gasteiger charge is 2.07. The van der Waals surface area contributed by atoms with Crippen LogP contribution in [-0.4, -0.2) is 21.0 Å². The van der Waals surface area contributed by atoms with E-state index in [1.807, 2.05) is 6.07 Å². The third-order valence-electron chi connectivity index (χ3n) is 3.25. The van der Waals surface area contributed by atoms with E-state index in [4.69, 9.17) is 10.4 Å². The van der Waals surface area contributed by atoms with E-state index in [0.29, 0.717) is 24.2 Å². The van der Waals surface area contributed by atoms with E-state index in [2.05, 4.69) is 10.6 Å². The molecule has 2 aromatic carbocycles. The number of nitrogens with zero attached hydrogens (tertiary/aromatic N) is 1. The molecule has 0 heterocycles. The molecule has 0 aliphatic carbocycles.